The predicted molar refractivity (Wildman–Crippen MR) is 118 cm³/mol. The molecule has 1 fully saturated rings. The second-order valence-electron chi connectivity index (χ2n) is 8.19. The van der Waals surface area contributed by atoms with E-state index in [0.29, 0.717) is 23.4 Å². The molecule has 1 aromatic carbocycles. The number of benzene rings is 1. The number of hydrogen-bond donors (Lipinski definition) is 3. The third kappa shape index (κ3) is 3.42. The Morgan fingerprint density at radius 2 is 1.90 bits per heavy atom. The summed E-state index contributed by atoms with van der Waals surface area (Å²) in [7, 11) is -3.81. The van der Waals surface area contributed by atoms with Gasteiger partial charge in [-0.05, 0) is 49.3 Å². The molecule has 1 aliphatic carbocycles. The van der Waals surface area contributed by atoms with Gasteiger partial charge in [0.05, 0.1) is 28.6 Å². The first-order chi connectivity index (χ1) is 15.0. The largest absolute Gasteiger partial charge is 0.396 e. The number of nitrogens with two attached hydrogens (primary N) is 1. The quantitative estimate of drug-likeness (QED) is 0.439. The summed E-state index contributed by atoms with van der Waals surface area (Å²) in [5.41, 5.74) is 8.87. The van der Waals surface area contributed by atoms with Crippen molar-refractivity contribution in [3.63, 3.8) is 0 Å². The van der Waals surface area contributed by atoms with Gasteiger partial charge in [0.2, 0.25) is 0 Å². The minimum atomic E-state index is -3.81. The molecule has 0 atom stereocenters. The zero-order valence-corrected chi connectivity index (χ0v) is 17.8. The molecule has 0 amide bonds. The van der Waals surface area contributed by atoms with Gasteiger partial charge in [0.25, 0.3) is 10.0 Å². The molecule has 4 N–H and O–H groups in total. The first-order valence-electron chi connectivity index (χ1n) is 10.5. The number of pyridine rings is 1. The molecule has 0 aliphatic heterocycles. The van der Waals surface area contributed by atoms with Gasteiger partial charge in [-0.2, -0.15) is 0 Å². The smallest absolute Gasteiger partial charge is 0.269 e. The second-order valence-corrected chi connectivity index (χ2v) is 10.0. The van der Waals surface area contributed by atoms with Crippen LogP contribution in [0.3, 0.4) is 0 Å². The lowest BCUT2D eigenvalue weighted by atomic mass is 9.82. The molecule has 162 valence electrons. The van der Waals surface area contributed by atoms with Crippen LogP contribution < -0.4 is 5.73 Å². The molecule has 4 aromatic rings. The normalized spacial score (nSPS) is 19.9. The van der Waals surface area contributed by atoms with Crippen molar-refractivity contribution in [2.75, 3.05) is 6.61 Å². The summed E-state index contributed by atoms with van der Waals surface area (Å²) in [5, 5.41) is 10.1. The van der Waals surface area contributed by atoms with Crippen molar-refractivity contribution in [3.8, 4) is 0 Å². The molecule has 0 bridgehead atoms. The van der Waals surface area contributed by atoms with E-state index in [1.165, 1.54) is 3.97 Å². The number of aromatic amines is 1. The summed E-state index contributed by atoms with van der Waals surface area (Å²) in [6.07, 6.45) is 7.34. The summed E-state index contributed by atoms with van der Waals surface area (Å²) in [5.74, 6) is 0.849. The van der Waals surface area contributed by atoms with Crippen molar-refractivity contribution >= 4 is 32.1 Å². The van der Waals surface area contributed by atoms with Gasteiger partial charge in [0.1, 0.15) is 11.3 Å². The summed E-state index contributed by atoms with van der Waals surface area (Å²) < 4.78 is 28.3. The fourth-order valence-corrected chi connectivity index (χ4v) is 5.90. The Hall–Kier alpha value is -2.75. The minimum absolute atomic E-state index is 0.0207. The fraction of sp³-hybridized carbons (Fsp3) is 0.364. The molecular formula is C22H25N5O3S. The van der Waals surface area contributed by atoms with E-state index in [1.807, 2.05) is 0 Å². The first-order valence-corrected chi connectivity index (χ1v) is 12.0. The van der Waals surface area contributed by atoms with Crippen LogP contribution >= 0.6 is 0 Å². The van der Waals surface area contributed by atoms with Crippen molar-refractivity contribution in [2.24, 2.45) is 5.73 Å². The highest BCUT2D eigenvalue weighted by Crippen LogP contribution is 2.40. The van der Waals surface area contributed by atoms with Crippen molar-refractivity contribution in [1.82, 2.24) is 18.9 Å². The van der Waals surface area contributed by atoms with Crippen molar-refractivity contribution in [1.29, 1.82) is 0 Å². The van der Waals surface area contributed by atoms with Crippen LogP contribution in [0, 0.1) is 0 Å². The Bertz CT molecular complexity index is 1340. The Kier molecular flexibility index (Phi) is 5.04. The fourth-order valence-electron chi connectivity index (χ4n) is 4.56. The number of fused-ring (bicyclic) bond motifs is 3. The molecule has 3 heterocycles. The molecule has 0 unspecified atom stereocenters. The molecular weight excluding hydrogens is 414 g/mol. The predicted octanol–water partition coefficient (Wildman–Crippen LogP) is 2.67. The molecule has 1 saturated carbocycles. The zero-order chi connectivity index (χ0) is 21.6. The standard InChI is InChI=1S/C22H25N5O3S/c23-15-8-6-14(7-9-15)17-13-27(31(29,30)16-4-2-1-3-5-16)22-20(17)21-18(12-24-22)25-19(26-21)10-11-28/h1-5,12-15,28H,6-11,23H2,(H,25,26). The minimum Gasteiger partial charge on any atom is -0.396 e. The number of nitrogens with zero attached hydrogens (tertiary/aromatic N) is 3. The second kappa shape index (κ2) is 7.74. The lowest BCUT2D eigenvalue weighted by Crippen LogP contribution is -2.25. The van der Waals surface area contributed by atoms with E-state index in [0.717, 1.165) is 42.1 Å². The number of aliphatic hydroxyl groups is 1. The lowest BCUT2D eigenvalue weighted by molar-refractivity contribution is 0.297. The summed E-state index contributed by atoms with van der Waals surface area (Å²) in [4.78, 5) is 12.6. The number of aliphatic hydroxyl groups excluding tert-OH is 1. The van der Waals surface area contributed by atoms with Crippen molar-refractivity contribution < 1.29 is 13.5 Å². The summed E-state index contributed by atoms with van der Waals surface area (Å²) >= 11 is 0. The van der Waals surface area contributed by atoms with Gasteiger partial charge in [-0.1, -0.05) is 18.2 Å². The van der Waals surface area contributed by atoms with E-state index in [1.54, 1.807) is 42.7 Å². The van der Waals surface area contributed by atoms with E-state index in [4.69, 9.17) is 5.73 Å². The van der Waals surface area contributed by atoms with Crippen LogP contribution in [0.1, 0.15) is 43.0 Å². The van der Waals surface area contributed by atoms with E-state index < -0.39 is 10.0 Å². The molecule has 0 spiro atoms. The molecule has 9 heteroatoms. The number of imidazole rings is 1. The average molecular weight is 440 g/mol. The number of H-pyrrole nitrogens is 1. The summed E-state index contributed by atoms with van der Waals surface area (Å²) in [6, 6.07) is 8.58. The molecule has 31 heavy (non-hydrogen) atoms. The molecule has 0 radical (unpaired) electrons. The molecule has 0 saturated heterocycles. The highest BCUT2D eigenvalue weighted by atomic mass is 32.2. The van der Waals surface area contributed by atoms with E-state index in [9.17, 15) is 13.5 Å². The molecule has 5 rings (SSSR count). The van der Waals surface area contributed by atoms with Crippen molar-refractivity contribution in [2.45, 2.75) is 49.0 Å². The van der Waals surface area contributed by atoms with E-state index >= 15 is 0 Å². The first kappa shape index (κ1) is 20.2. The molecule has 8 nitrogen and oxygen atoms in total. The third-order valence-electron chi connectivity index (χ3n) is 6.17. The average Bonchev–Trinajstić information content (AvgIpc) is 3.36. The number of nitrogens with one attached hydrogen (secondary N) is 1. The summed E-state index contributed by atoms with van der Waals surface area (Å²) in [6.45, 7) is -0.0207. The van der Waals surface area contributed by atoms with Gasteiger partial charge in [0.15, 0.2) is 5.65 Å². The number of hydrogen-bond acceptors (Lipinski definition) is 6. The Morgan fingerprint density at radius 3 is 2.61 bits per heavy atom. The van der Waals surface area contributed by atoms with Gasteiger partial charge in [-0.3, -0.25) is 0 Å². The molecule has 3 aromatic heterocycles. The van der Waals surface area contributed by atoms with Crippen LogP contribution in [0.2, 0.25) is 0 Å². The van der Waals surface area contributed by atoms with Crippen molar-refractivity contribution in [3.05, 3.63) is 54.1 Å². The Balaban J connectivity index is 1.76. The molecule has 1 aliphatic rings. The lowest BCUT2D eigenvalue weighted by Gasteiger charge is -2.25. The van der Waals surface area contributed by atoms with E-state index in [2.05, 4.69) is 15.0 Å². The highest BCUT2D eigenvalue weighted by Gasteiger charge is 2.29. The van der Waals surface area contributed by atoms with Crippen LogP contribution in [0.5, 0.6) is 0 Å². The monoisotopic (exact) mass is 439 g/mol. The van der Waals surface area contributed by atoms with Gasteiger partial charge in [-0.25, -0.2) is 22.4 Å². The maximum atomic E-state index is 13.5. The van der Waals surface area contributed by atoms with E-state index in [-0.39, 0.29) is 23.5 Å². The van der Waals surface area contributed by atoms with Crippen LogP contribution in [-0.4, -0.2) is 45.1 Å². The Morgan fingerprint density at radius 1 is 1.16 bits per heavy atom. The van der Waals surface area contributed by atoms with Gasteiger partial charge < -0.3 is 15.8 Å². The number of aromatic nitrogens is 4. The van der Waals surface area contributed by atoms with Gasteiger partial charge in [-0.15, -0.1) is 0 Å². The highest BCUT2D eigenvalue weighted by molar-refractivity contribution is 7.90. The van der Waals surface area contributed by atoms with Crippen LogP contribution in [0.25, 0.3) is 22.1 Å². The van der Waals surface area contributed by atoms with Gasteiger partial charge in [0, 0.05) is 18.7 Å². The van der Waals surface area contributed by atoms with Crippen LogP contribution in [-0.2, 0) is 16.4 Å². The van der Waals surface area contributed by atoms with Crippen LogP contribution in [0.15, 0.2) is 47.6 Å². The maximum absolute atomic E-state index is 13.5. The van der Waals surface area contributed by atoms with Gasteiger partial charge >= 0.3 is 0 Å². The number of rotatable bonds is 5. The SMILES string of the molecule is NC1CCC(c2cn(S(=O)(=O)c3ccccc3)c3ncc4[nH]c(CCO)nc4c23)CC1. The topological polar surface area (TPSA) is 127 Å². The Labute approximate surface area is 180 Å². The van der Waals surface area contributed by atoms with Crippen LogP contribution in [0.4, 0.5) is 0 Å². The maximum Gasteiger partial charge on any atom is 0.269 e. The zero-order valence-electron chi connectivity index (χ0n) is 17.0. The third-order valence-corrected chi connectivity index (χ3v) is 7.84.